The van der Waals surface area contributed by atoms with Crippen LogP contribution in [-0.2, 0) is 16.6 Å². The van der Waals surface area contributed by atoms with E-state index in [1.807, 2.05) is 49.4 Å². The third kappa shape index (κ3) is 4.75. The molecule has 1 heterocycles. The first kappa shape index (κ1) is 20.6. The molecule has 0 saturated carbocycles. The summed E-state index contributed by atoms with van der Waals surface area (Å²) in [5.74, 6) is 1.07. The molecule has 0 unspecified atom stereocenters. The maximum atomic E-state index is 13.0. The van der Waals surface area contributed by atoms with Crippen molar-refractivity contribution in [1.82, 2.24) is 9.97 Å². The standard InChI is InChI=1S/C23H22N4O3S/c1-16-7-9-17(10-8-16)15-24-22-23(26-21-6-4-3-5-20(21)25-22)27-31(28,29)19-13-11-18(30-2)12-14-19/h3-14H,15H2,1-2H3,(H,24,25)(H,26,27). The van der Waals surface area contributed by atoms with Gasteiger partial charge in [-0.25, -0.2) is 18.4 Å². The van der Waals surface area contributed by atoms with Gasteiger partial charge in [-0.15, -0.1) is 0 Å². The molecule has 158 valence electrons. The molecule has 0 spiro atoms. The summed E-state index contributed by atoms with van der Waals surface area (Å²) in [6.45, 7) is 2.50. The van der Waals surface area contributed by atoms with Crippen LogP contribution >= 0.6 is 0 Å². The number of aryl methyl sites for hydroxylation is 1. The highest BCUT2D eigenvalue weighted by Gasteiger charge is 2.19. The average molecular weight is 435 g/mol. The van der Waals surface area contributed by atoms with E-state index in [9.17, 15) is 8.42 Å². The Morgan fingerprint density at radius 3 is 2.06 bits per heavy atom. The molecular formula is C23H22N4O3S. The van der Waals surface area contributed by atoms with Crippen molar-refractivity contribution in [3.63, 3.8) is 0 Å². The van der Waals surface area contributed by atoms with Crippen LogP contribution in [0, 0.1) is 6.92 Å². The first-order valence-corrected chi connectivity index (χ1v) is 11.2. The first-order chi connectivity index (χ1) is 14.9. The van der Waals surface area contributed by atoms with Crippen LogP contribution in [0.15, 0.2) is 77.7 Å². The lowest BCUT2D eigenvalue weighted by Gasteiger charge is -2.14. The molecule has 0 aliphatic rings. The van der Waals surface area contributed by atoms with Gasteiger partial charge in [-0.05, 0) is 48.9 Å². The Morgan fingerprint density at radius 2 is 1.45 bits per heavy atom. The summed E-state index contributed by atoms with van der Waals surface area (Å²) in [4.78, 5) is 9.20. The Kier molecular flexibility index (Phi) is 5.73. The molecule has 7 nitrogen and oxygen atoms in total. The fourth-order valence-corrected chi connectivity index (χ4v) is 4.04. The van der Waals surface area contributed by atoms with Gasteiger partial charge in [0.25, 0.3) is 10.0 Å². The molecule has 2 N–H and O–H groups in total. The second-order valence-electron chi connectivity index (χ2n) is 7.03. The van der Waals surface area contributed by atoms with Gasteiger partial charge in [0, 0.05) is 6.54 Å². The second kappa shape index (κ2) is 8.61. The number of anilines is 2. The number of rotatable bonds is 7. The van der Waals surface area contributed by atoms with Crippen LogP contribution in [0.5, 0.6) is 5.75 Å². The normalized spacial score (nSPS) is 11.3. The second-order valence-corrected chi connectivity index (χ2v) is 8.71. The molecule has 0 aliphatic carbocycles. The number of aromatic nitrogens is 2. The Morgan fingerprint density at radius 1 is 0.839 bits per heavy atom. The molecule has 0 fully saturated rings. The Bertz CT molecular complexity index is 1310. The predicted molar refractivity (Wildman–Crippen MR) is 122 cm³/mol. The summed E-state index contributed by atoms with van der Waals surface area (Å²) in [5.41, 5.74) is 3.48. The topological polar surface area (TPSA) is 93.2 Å². The summed E-state index contributed by atoms with van der Waals surface area (Å²) in [5, 5.41) is 3.21. The van der Waals surface area contributed by atoms with E-state index in [4.69, 9.17) is 4.74 Å². The summed E-state index contributed by atoms with van der Waals surface area (Å²) >= 11 is 0. The van der Waals surface area contributed by atoms with Crippen molar-refractivity contribution in [2.24, 2.45) is 0 Å². The van der Waals surface area contributed by atoms with Gasteiger partial charge in [-0.1, -0.05) is 42.0 Å². The van der Waals surface area contributed by atoms with Gasteiger partial charge in [-0.3, -0.25) is 4.72 Å². The molecule has 1 aromatic heterocycles. The quantitative estimate of drug-likeness (QED) is 0.449. The number of fused-ring (bicyclic) bond motifs is 1. The van der Waals surface area contributed by atoms with Crippen LogP contribution in [0.4, 0.5) is 11.6 Å². The lowest BCUT2D eigenvalue weighted by molar-refractivity contribution is 0.414. The van der Waals surface area contributed by atoms with Crippen molar-refractivity contribution >= 4 is 32.7 Å². The fraction of sp³-hybridized carbons (Fsp3) is 0.130. The highest BCUT2D eigenvalue weighted by molar-refractivity contribution is 7.92. The van der Waals surface area contributed by atoms with Crippen LogP contribution in [0.2, 0.25) is 0 Å². The van der Waals surface area contributed by atoms with Crippen molar-refractivity contribution < 1.29 is 13.2 Å². The van der Waals surface area contributed by atoms with E-state index in [0.717, 1.165) is 5.56 Å². The molecule has 0 radical (unpaired) electrons. The largest absolute Gasteiger partial charge is 0.497 e. The number of para-hydroxylation sites is 2. The number of hydrogen-bond acceptors (Lipinski definition) is 6. The van der Waals surface area contributed by atoms with Gasteiger partial charge >= 0.3 is 0 Å². The van der Waals surface area contributed by atoms with Crippen LogP contribution in [0.1, 0.15) is 11.1 Å². The number of nitrogens with zero attached hydrogens (tertiary/aromatic N) is 2. The molecule has 8 heteroatoms. The third-order valence-electron chi connectivity index (χ3n) is 4.75. The van der Waals surface area contributed by atoms with Gasteiger partial charge in [0.05, 0.1) is 23.0 Å². The number of methoxy groups -OCH3 is 1. The zero-order chi connectivity index (χ0) is 21.8. The molecule has 0 bridgehead atoms. The minimum Gasteiger partial charge on any atom is -0.497 e. The van der Waals surface area contributed by atoms with E-state index in [0.29, 0.717) is 29.1 Å². The third-order valence-corrected chi connectivity index (χ3v) is 6.11. The van der Waals surface area contributed by atoms with E-state index in [1.165, 1.54) is 24.8 Å². The van der Waals surface area contributed by atoms with E-state index in [-0.39, 0.29) is 10.7 Å². The highest BCUT2D eigenvalue weighted by atomic mass is 32.2. The SMILES string of the molecule is COc1ccc(S(=O)(=O)Nc2nc3ccccc3nc2NCc2ccc(C)cc2)cc1. The number of benzene rings is 3. The summed E-state index contributed by atoms with van der Waals surface area (Å²) in [6.07, 6.45) is 0. The van der Waals surface area contributed by atoms with Gasteiger partial charge in [-0.2, -0.15) is 0 Å². The molecular weight excluding hydrogens is 412 g/mol. The molecule has 0 aliphatic heterocycles. The molecule has 0 atom stereocenters. The van der Waals surface area contributed by atoms with E-state index in [2.05, 4.69) is 20.0 Å². The predicted octanol–water partition coefficient (Wildman–Crippen LogP) is 4.36. The smallest absolute Gasteiger partial charge is 0.263 e. The van der Waals surface area contributed by atoms with E-state index < -0.39 is 10.0 Å². The van der Waals surface area contributed by atoms with Crippen LogP contribution in [0.3, 0.4) is 0 Å². The summed E-state index contributed by atoms with van der Waals surface area (Å²) < 4.78 is 33.6. The Balaban J connectivity index is 1.67. The minimum atomic E-state index is -3.87. The molecule has 4 rings (SSSR count). The molecule has 4 aromatic rings. The first-order valence-electron chi connectivity index (χ1n) is 9.68. The fourth-order valence-electron chi connectivity index (χ4n) is 3.03. The lowest BCUT2D eigenvalue weighted by atomic mass is 10.1. The Labute approximate surface area is 181 Å². The number of hydrogen-bond donors (Lipinski definition) is 2. The summed E-state index contributed by atoms with van der Waals surface area (Å²) in [6, 6.07) is 21.5. The van der Waals surface area contributed by atoms with E-state index in [1.54, 1.807) is 18.2 Å². The molecule has 0 amide bonds. The Hall–Kier alpha value is -3.65. The maximum absolute atomic E-state index is 13.0. The number of sulfonamides is 1. The van der Waals surface area contributed by atoms with Crippen molar-refractivity contribution in [2.45, 2.75) is 18.4 Å². The minimum absolute atomic E-state index is 0.104. The van der Waals surface area contributed by atoms with Gasteiger partial charge in [0.1, 0.15) is 5.75 Å². The molecule has 31 heavy (non-hydrogen) atoms. The lowest BCUT2D eigenvalue weighted by Crippen LogP contribution is -2.16. The monoisotopic (exact) mass is 434 g/mol. The van der Waals surface area contributed by atoms with Crippen molar-refractivity contribution in [2.75, 3.05) is 17.1 Å². The van der Waals surface area contributed by atoms with Crippen LogP contribution in [-0.4, -0.2) is 25.5 Å². The molecule has 0 saturated heterocycles. The van der Waals surface area contributed by atoms with Gasteiger partial charge < -0.3 is 10.1 Å². The molecule has 3 aromatic carbocycles. The summed E-state index contributed by atoms with van der Waals surface area (Å²) in [7, 11) is -2.34. The number of nitrogens with one attached hydrogen (secondary N) is 2. The van der Waals surface area contributed by atoms with E-state index >= 15 is 0 Å². The number of ether oxygens (including phenoxy) is 1. The van der Waals surface area contributed by atoms with Gasteiger partial charge in [0.15, 0.2) is 11.6 Å². The van der Waals surface area contributed by atoms with Crippen LogP contribution in [0.25, 0.3) is 11.0 Å². The van der Waals surface area contributed by atoms with Crippen LogP contribution < -0.4 is 14.8 Å². The average Bonchev–Trinajstić information content (AvgIpc) is 2.78. The van der Waals surface area contributed by atoms with Crippen molar-refractivity contribution in [3.8, 4) is 5.75 Å². The zero-order valence-corrected chi connectivity index (χ0v) is 18.0. The van der Waals surface area contributed by atoms with Crippen molar-refractivity contribution in [3.05, 3.63) is 83.9 Å². The maximum Gasteiger partial charge on any atom is 0.263 e. The highest BCUT2D eigenvalue weighted by Crippen LogP contribution is 2.25. The zero-order valence-electron chi connectivity index (χ0n) is 17.2. The van der Waals surface area contributed by atoms with Crippen molar-refractivity contribution in [1.29, 1.82) is 0 Å². The van der Waals surface area contributed by atoms with Gasteiger partial charge in [0.2, 0.25) is 0 Å².